The molecule has 1 fully saturated rings. The minimum absolute atomic E-state index is 0.291. The summed E-state index contributed by atoms with van der Waals surface area (Å²) in [4.78, 5) is 0. The van der Waals surface area contributed by atoms with Gasteiger partial charge >= 0.3 is 0 Å². The van der Waals surface area contributed by atoms with Crippen molar-refractivity contribution in [1.29, 1.82) is 0 Å². The standard InChI is InChI=1S/C15H20BrNO3/c1-10-13(3-6-18-10)17-9-11-7-12(16)15-14(8-11)19-4-2-5-20-15/h7-8,10,13,17H,2-6,9H2,1H3. The summed E-state index contributed by atoms with van der Waals surface area (Å²) >= 11 is 3.58. The lowest BCUT2D eigenvalue weighted by Gasteiger charge is -2.17. The summed E-state index contributed by atoms with van der Waals surface area (Å²) in [7, 11) is 0. The highest BCUT2D eigenvalue weighted by molar-refractivity contribution is 9.10. The van der Waals surface area contributed by atoms with E-state index in [-0.39, 0.29) is 0 Å². The van der Waals surface area contributed by atoms with Crippen molar-refractivity contribution in [2.24, 2.45) is 0 Å². The number of ether oxygens (including phenoxy) is 3. The first-order chi connectivity index (χ1) is 9.74. The van der Waals surface area contributed by atoms with Gasteiger partial charge in [0.1, 0.15) is 0 Å². The van der Waals surface area contributed by atoms with Crippen LogP contribution in [0.4, 0.5) is 0 Å². The third kappa shape index (κ3) is 3.10. The maximum Gasteiger partial charge on any atom is 0.175 e. The van der Waals surface area contributed by atoms with Gasteiger partial charge in [-0.05, 0) is 47.0 Å². The fourth-order valence-corrected chi connectivity index (χ4v) is 3.24. The van der Waals surface area contributed by atoms with Crippen LogP contribution in [0.25, 0.3) is 0 Å². The molecule has 0 saturated carbocycles. The Bertz CT molecular complexity index is 480. The van der Waals surface area contributed by atoms with Gasteiger partial charge in [0, 0.05) is 25.6 Å². The van der Waals surface area contributed by atoms with E-state index < -0.39 is 0 Å². The van der Waals surface area contributed by atoms with E-state index in [9.17, 15) is 0 Å². The molecule has 0 amide bonds. The topological polar surface area (TPSA) is 39.7 Å². The van der Waals surface area contributed by atoms with Crippen molar-refractivity contribution in [3.8, 4) is 11.5 Å². The van der Waals surface area contributed by atoms with Crippen LogP contribution in [0.5, 0.6) is 11.5 Å². The first-order valence-electron chi connectivity index (χ1n) is 7.17. The van der Waals surface area contributed by atoms with Gasteiger partial charge in [-0.15, -0.1) is 0 Å². The van der Waals surface area contributed by atoms with E-state index in [0.717, 1.165) is 42.0 Å². The second-order valence-corrected chi connectivity index (χ2v) is 6.16. The van der Waals surface area contributed by atoms with Gasteiger partial charge in [-0.2, -0.15) is 0 Å². The van der Waals surface area contributed by atoms with Gasteiger partial charge in [0.2, 0.25) is 0 Å². The van der Waals surface area contributed by atoms with Crippen LogP contribution < -0.4 is 14.8 Å². The smallest absolute Gasteiger partial charge is 0.175 e. The minimum atomic E-state index is 0.291. The van der Waals surface area contributed by atoms with E-state index in [2.05, 4.69) is 40.3 Å². The SMILES string of the molecule is CC1OCCC1NCc1cc(Br)c2c(c1)OCCCO2. The summed E-state index contributed by atoms with van der Waals surface area (Å²) in [5.74, 6) is 1.66. The Hall–Kier alpha value is -0.780. The van der Waals surface area contributed by atoms with Crippen molar-refractivity contribution in [2.75, 3.05) is 19.8 Å². The number of hydrogen-bond acceptors (Lipinski definition) is 4. The third-order valence-corrected chi connectivity index (χ3v) is 4.40. The number of nitrogens with one attached hydrogen (secondary N) is 1. The van der Waals surface area contributed by atoms with Crippen molar-refractivity contribution in [1.82, 2.24) is 5.32 Å². The van der Waals surface area contributed by atoms with Crippen molar-refractivity contribution in [2.45, 2.75) is 38.5 Å². The Morgan fingerprint density at radius 3 is 2.90 bits per heavy atom. The number of halogens is 1. The van der Waals surface area contributed by atoms with Crippen LogP contribution in [0.15, 0.2) is 16.6 Å². The van der Waals surface area contributed by atoms with E-state index in [0.29, 0.717) is 25.4 Å². The molecule has 4 nitrogen and oxygen atoms in total. The van der Waals surface area contributed by atoms with E-state index in [4.69, 9.17) is 14.2 Å². The van der Waals surface area contributed by atoms with Crippen LogP contribution in [0.1, 0.15) is 25.3 Å². The van der Waals surface area contributed by atoms with Gasteiger partial charge in [0.25, 0.3) is 0 Å². The summed E-state index contributed by atoms with van der Waals surface area (Å²) in [6, 6.07) is 4.60. The molecule has 2 atom stereocenters. The molecule has 2 aliphatic heterocycles. The van der Waals surface area contributed by atoms with E-state index in [1.807, 2.05) is 0 Å². The molecule has 2 heterocycles. The zero-order valence-electron chi connectivity index (χ0n) is 11.7. The molecule has 0 radical (unpaired) electrons. The maximum absolute atomic E-state index is 5.76. The molecule has 0 bridgehead atoms. The summed E-state index contributed by atoms with van der Waals surface area (Å²) in [5, 5.41) is 3.56. The highest BCUT2D eigenvalue weighted by atomic mass is 79.9. The van der Waals surface area contributed by atoms with E-state index in [1.54, 1.807) is 0 Å². The number of benzene rings is 1. The van der Waals surface area contributed by atoms with Crippen LogP contribution in [-0.4, -0.2) is 32.0 Å². The molecule has 110 valence electrons. The highest BCUT2D eigenvalue weighted by Crippen LogP contribution is 2.38. The average molecular weight is 342 g/mol. The molecule has 1 aromatic rings. The molecule has 0 aliphatic carbocycles. The van der Waals surface area contributed by atoms with Gasteiger partial charge in [0.15, 0.2) is 11.5 Å². The first-order valence-corrected chi connectivity index (χ1v) is 7.96. The zero-order chi connectivity index (χ0) is 13.9. The Labute approximate surface area is 127 Å². The maximum atomic E-state index is 5.76. The van der Waals surface area contributed by atoms with E-state index in [1.165, 1.54) is 5.56 Å². The lowest BCUT2D eigenvalue weighted by atomic mass is 10.1. The zero-order valence-corrected chi connectivity index (χ0v) is 13.2. The van der Waals surface area contributed by atoms with Gasteiger partial charge in [-0.1, -0.05) is 0 Å². The lowest BCUT2D eigenvalue weighted by Crippen LogP contribution is -2.34. The normalized spacial score (nSPS) is 25.5. The molecule has 1 N–H and O–H groups in total. The molecule has 3 rings (SSSR count). The second kappa shape index (κ2) is 6.33. The fourth-order valence-electron chi connectivity index (χ4n) is 2.63. The van der Waals surface area contributed by atoms with Crippen LogP contribution in [0, 0.1) is 0 Å². The Morgan fingerprint density at radius 1 is 1.25 bits per heavy atom. The third-order valence-electron chi connectivity index (χ3n) is 3.81. The number of rotatable bonds is 3. The molecule has 1 saturated heterocycles. The second-order valence-electron chi connectivity index (χ2n) is 5.31. The van der Waals surface area contributed by atoms with Gasteiger partial charge in [-0.3, -0.25) is 0 Å². The molecular formula is C15H20BrNO3. The summed E-state index contributed by atoms with van der Waals surface area (Å²) < 4.78 is 18.0. The van der Waals surface area contributed by atoms with Crippen molar-refractivity contribution >= 4 is 15.9 Å². The Kier molecular flexibility index (Phi) is 4.48. The molecule has 0 spiro atoms. The predicted octanol–water partition coefficient (Wildman–Crippen LogP) is 2.88. The van der Waals surface area contributed by atoms with Crippen molar-refractivity contribution in [3.05, 3.63) is 22.2 Å². The van der Waals surface area contributed by atoms with E-state index >= 15 is 0 Å². The van der Waals surface area contributed by atoms with Crippen LogP contribution >= 0.6 is 15.9 Å². The fraction of sp³-hybridized carbons (Fsp3) is 0.600. The van der Waals surface area contributed by atoms with Gasteiger partial charge < -0.3 is 19.5 Å². The first kappa shape index (κ1) is 14.2. The predicted molar refractivity (Wildman–Crippen MR) is 80.4 cm³/mol. The van der Waals surface area contributed by atoms with Crippen molar-refractivity contribution < 1.29 is 14.2 Å². The molecule has 2 aliphatic rings. The van der Waals surface area contributed by atoms with Crippen LogP contribution in [-0.2, 0) is 11.3 Å². The van der Waals surface area contributed by atoms with Gasteiger partial charge in [0.05, 0.1) is 23.8 Å². The molecule has 2 unspecified atom stereocenters. The monoisotopic (exact) mass is 341 g/mol. The van der Waals surface area contributed by atoms with Crippen LogP contribution in [0.3, 0.4) is 0 Å². The molecule has 20 heavy (non-hydrogen) atoms. The van der Waals surface area contributed by atoms with Crippen LogP contribution in [0.2, 0.25) is 0 Å². The van der Waals surface area contributed by atoms with Gasteiger partial charge in [-0.25, -0.2) is 0 Å². The summed E-state index contributed by atoms with van der Waals surface area (Å²) in [6.07, 6.45) is 2.29. The summed E-state index contributed by atoms with van der Waals surface area (Å²) in [5.41, 5.74) is 1.19. The number of hydrogen-bond donors (Lipinski definition) is 1. The summed E-state index contributed by atoms with van der Waals surface area (Å²) in [6.45, 7) is 5.20. The molecule has 1 aromatic carbocycles. The Morgan fingerprint density at radius 2 is 2.10 bits per heavy atom. The molecular weight excluding hydrogens is 322 g/mol. The minimum Gasteiger partial charge on any atom is -0.490 e. The highest BCUT2D eigenvalue weighted by Gasteiger charge is 2.23. The molecule has 5 heteroatoms. The largest absolute Gasteiger partial charge is 0.490 e. The number of fused-ring (bicyclic) bond motifs is 1. The Balaban J connectivity index is 1.70. The average Bonchev–Trinajstić information content (AvgIpc) is 2.70. The molecule has 0 aromatic heterocycles. The van der Waals surface area contributed by atoms with Crippen molar-refractivity contribution in [3.63, 3.8) is 0 Å². The lowest BCUT2D eigenvalue weighted by molar-refractivity contribution is 0.113. The quantitative estimate of drug-likeness (QED) is 0.917.